The first kappa shape index (κ1) is 22.7. The van der Waals surface area contributed by atoms with E-state index < -0.39 is 17.6 Å². The van der Waals surface area contributed by atoms with E-state index in [1.165, 1.54) is 12.1 Å². The zero-order valence-corrected chi connectivity index (χ0v) is 17.4. The fraction of sp³-hybridized carbons (Fsp3) is 0.409. The highest BCUT2D eigenvalue weighted by Gasteiger charge is 2.32. The van der Waals surface area contributed by atoms with Crippen molar-refractivity contribution in [1.82, 2.24) is 0 Å². The topological polar surface area (TPSA) is 60.0 Å². The van der Waals surface area contributed by atoms with Crippen molar-refractivity contribution in [3.63, 3.8) is 0 Å². The van der Waals surface area contributed by atoms with Gasteiger partial charge in [-0.15, -0.1) is 0 Å². The molecule has 0 aromatic heterocycles. The Morgan fingerprint density at radius 1 is 1.03 bits per heavy atom. The van der Waals surface area contributed by atoms with Gasteiger partial charge >= 0.3 is 6.18 Å². The summed E-state index contributed by atoms with van der Waals surface area (Å²) < 4.78 is 56.2. The fourth-order valence-corrected chi connectivity index (χ4v) is 3.28. The van der Waals surface area contributed by atoms with Gasteiger partial charge in [0.05, 0.1) is 43.4 Å². The molecule has 0 atom stereocenters. The second-order valence-electron chi connectivity index (χ2n) is 6.81. The van der Waals surface area contributed by atoms with Crippen molar-refractivity contribution in [3.8, 4) is 11.5 Å². The Morgan fingerprint density at radius 2 is 1.71 bits per heavy atom. The number of hydrogen-bond acceptors (Lipinski definition) is 5. The van der Waals surface area contributed by atoms with Gasteiger partial charge in [-0.3, -0.25) is 4.79 Å². The van der Waals surface area contributed by atoms with Crippen LogP contribution < -0.4 is 19.7 Å². The number of alkyl halides is 3. The summed E-state index contributed by atoms with van der Waals surface area (Å²) in [5, 5.41) is 2.64. The number of morpholine rings is 1. The van der Waals surface area contributed by atoms with E-state index in [4.69, 9.17) is 14.2 Å². The molecule has 1 heterocycles. The summed E-state index contributed by atoms with van der Waals surface area (Å²) >= 11 is 0. The van der Waals surface area contributed by atoms with Crippen LogP contribution in [0.4, 0.5) is 24.5 Å². The highest BCUT2D eigenvalue weighted by molar-refractivity contribution is 6.06. The largest absolute Gasteiger partial charge is 0.490 e. The van der Waals surface area contributed by atoms with Gasteiger partial charge in [0.1, 0.15) is 0 Å². The Balaban J connectivity index is 1.92. The molecule has 3 rings (SSSR count). The van der Waals surface area contributed by atoms with Crippen LogP contribution in [-0.2, 0) is 10.9 Å². The average molecular weight is 438 g/mol. The first-order valence-electron chi connectivity index (χ1n) is 10.1. The van der Waals surface area contributed by atoms with Crippen LogP contribution in [0.5, 0.6) is 11.5 Å². The van der Waals surface area contributed by atoms with Crippen LogP contribution in [0.15, 0.2) is 36.4 Å². The van der Waals surface area contributed by atoms with Crippen molar-refractivity contribution in [3.05, 3.63) is 47.5 Å². The quantitative estimate of drug-likeness (QED) is 0.685. The van der Waals surface area contributed by atoms with Gasteiger partial charge in [0.2, 0.25) is 0 Å². The molecule has 1 fully saturated rings. The van der Waals surface area contributed by atoms with Crippen molar-refractivity contribution in [2.24, 2.45) is 0 Å². The molecular formula is C22H25F3N2O4. The van der Waals surface area contributed by atoms with E-state index in [1.54, 1.807) is 19.1 Å². The van der Waals surface area contributed by atoms with Gasteiger partial charge in [0, 0.05) is 18.7 Å². The van der Waals surface area contributed by atoms with Crippen LogP contribution in [0.2, 0.25) is 0 Å². The molecular weight excluding hydrogens is 413 g/mol. The molecule has 2 aromatic rings. The van der Waals surface area contributed by atoms with Crippen molar-refractivity contribution in [2.45, 2.75) is 20.0 Å². The number of amides is 1. The predicted octanol–water partition coefficient (Wildman–Crippen LogP) is 4.59. The minimum atomic E-state index is -4.52. The molecule has 168 valence electrons. The number of nitrogens with one attached hydrogen (secondary N) is 1. The molecule has 1 N–H and O–H groups in total. The summed E-state index contributed by atoms with van der Waals surface area (Å²) in [6, 6.07) is 8.04. The maximum atomic E-state index is 13.3. The van der Waals surface area contributed by atoms with Crippen molar-refractivity contribution >= 4 is 17.3 Å². The highest BCUT2D eigenvalue weighted by Crippen LogP contribution is 2.36. The van der Waals surface area contributed by atoms with Gasteiger partial charge < -0.3 is 24.4 Å². The number of carbonyl (C=O) groups excluding carboxylic acids is 1. The third kappa shape index (κ3) is 5.61. The maximum Gasteiger partial charge on any atom is 0.416 e. The van der Waals surface area contributed by atoms with E-state index >= 15 is 0 Å². The molecule has 1 saturated heterocycles. The number of hydrogen-bond donors (Lipinski definition) is 1. The van der Waals surface area contributed by atoms with Gasteiger partial charge in [0.15, 0.2) is 11.5 Å². The minimum absolute atomic E-state index is 0.0913. The number of ether oxygens (including phenoxy) is 3. The SMILES string of the molecule is CCOc1ccc(C(=O)Nc2cc(C(F)(F)F)ccc2N2CCOCC2)cc1OCC. The predicted molar refractivity (Wildman–Crippen MR) is 111 cm³/mol. The van der Waals surface area contributed by atoms with Crippen molar-refractivity contribution in [2.75, 3.05) is 49.7 Å². The summed E-state index contributed by atoms with van der Waals surface area (Å²) in [7, 11) is 0. The van der Waals surface area contributed by atoms with Gasteiger partial charge in [0.25, 0.3) is 5.91 Å². The summed E-state index contributed by atoms with van der Waals surface area (Å²) in [4.78, 5) is 14.8. The minimum Gasteiger partial charge on any atom is -0.490 e. The van der Waals surface area contributed by atoms with E-state index in [0.717, 1.165) is 12.1 Å². The van der Waals surface area contributed by atoms with E-state index in [-0.39, 0.29) is 11.3 Å². The molecule has 0 saturated carbocycles. The Morgan fingerprint density at radius 3 is 2.35 bits per heavy atom. The molecule has 0 spiro atoms. The third-order valence-corrected chi connectivity index (χ3v) is 4.73. The first-order valence-corrected chi connectivity index (χ1v) is 10.1. The van der Waals surface area contributed by atoms with E-state index in [0.29, 0.717) is 56.7 Å². The summed E-state index contributed by atoms with van der Waals surface area (Å²) in [6.07, 6.45) is -4.52. The Hall–Kier alpha value is -2.94. The molecule has 1 aliphatic heterocycles. The monoisotopic (exact) mass is 438 g/mol. The molecule has 1 amide bonds. The van der Waals surface area contributed by atoms with E-state index in [9.17, 15) is 18.0 Å². The molecule has 0 aliphatic carbocycles. The lowest BCUT2D eigenvalue weighted by atomic mass is 10.1. The third-order valence-electron chi connectivity index (χ3n) is 4.73. The van der Waals surface area contributed by atoms with Gasteiger partial charge in [-0.1, -0.05) is 0 Å². The molecule has 31 heavy (non-hydrogen) atoms. The van der Waals surface area contributed by atoms with Crippen LogP contribution in [0.3, 0.4) is 0 Å². The van der Waals surface area contributed by atoms with Crippen LogP contribution in [0, 0.1) is 0 Å². The molecule has 9 heteroatoms. The number of benzene rings is 2. The second kappa shape index (κ2) is 9.91. The average Bonchev–Trinajstić information content (AvgIpc) is 2.75. The highest BCUT2D eigenvalue weighted by atomic mass is 19.4. The van der Waals surface area contributed by atoms with Crippen LogP contribution in [0.1, 0.15) is 29.8 Å². The van der Waals surface area contributed by atoms with Gasteiger partial charge in [-0.2, -0.15) is 13.2 Å². The van der Waals surface area contributed by atoms with Crippen LogP contribution >= 0.6 is 0 Å². The van der Waals surface area contributed by atoms with E-state index in [2.05, 4.69) is 5.32 Å². The lowest BCUT2D eigenvalue weighted by Gasteiger charge is -2.31. The molecule has 0 bridgehead atoms. The number of halogens is 3. The Bertz CT molecular complexity index is 912. The number of carbonyl (C=O) groups is 1. The van der Waals surface area contributed by atoms with Crippen LogP contribution in [0.25, 0.3) is 0 Å². The summed E-state index contributed by atoms with van der Waals surface area (Å²) in [5.41, 5.74) is 0.0212. The normalized spacial score (nSPS) is 14.3. The molecule has 1 aliphatic rings. The number of anilines is 2. The standard InChI is InChI=1S/C22H25F3N2O4/c1-3-30-19-8-5-15(13-20(19)31-4-2)21(28)26-17-14-16(22(23,24)25)6-7-18(17)27-9-11-29-12-10-27/h5-8,13-14H,3-4,9-12H2,1-2H3,(H,26,28). The molecule has 0 unspecified atom stereocenters. The van der Waals surface area contributed by atoms with Gasteiger partial charge in [-0.05, 0) is 50.2 Å². The maximum absolute atomic E-state index is 13.3. The summed E-state index contributed by atoms with van der Waals surface area (Å²) in [5.74, 6) is 0.348. The zero-order valence-electron chi connectivity index (χ0n) is 17.4. The lowest BCUT2D eigenvalue weighted by molar-refractivity contribution is -0.137. The van der Waals surface area contributed by atoms with E-state index in [1.807, 2.05) is 11.8 Å². The smallest absolute Gasteiger partial charge is 0.416 e. The Labute approximate surface area is 178 Å². The Kier molecular flexibility index (Phi) is 7.27. The van der Waals surface area contributed by atoms with Crippen molar-refractivity contribution in [1.29, 1.82) is 0 Å². The zero-order chi connectivity index (χ0) is 22.4. The number of nitrogens with zero attached hydrogens (tertiary/aromatic N) is 1. The van der Waals surface area contributed by atoms with Crippen LogP contribution in [-0.4, -0.2) is 45.4 Å². The van der Waals surface area contributed by atoms with Crippen molar-refractivity contribution < 1.29 is 32.2 Å². The number of rotatable bonds is 7. The molecule has 0 radical (unpaired) electrons. The fourth-order valence-electron chi connectivity index (χ4n) is 3.28. The van der Waals surface area contributed by atoms with Gasteiger partial charge in [-0.25, -0.2) is 0 Å². The molecule has 6 nitrogen and oxygen atoms in total. The lowest BCUT2D eigenvalue weighted by Crippen LogP contribution is -2.36. The first-order chi connectivity index (χ1) is 14.8. The second-order valence-corrected chi connectivity index (χ2v) is 6.81. The summed E-state index contributed by atoms with van der Waals surface area (Å²) in [6.45, 7) is 6.41. The molecule has 2 aromatic carbocycles.